The highest BCUT2D eigenvalue weighted by Gasteiger charge is 2.16. The normalized spacial score (nSPS) is 10.4. The maximum Gasteiger partial charge on any atom is 0.255 e. The molecule has 1 N–H and O–H groups in total. The Morgan fingerprint density at radius 3 is 2.14 bits per heavy atom. The first-order valence-corrected chi connectivity index (χ1v) is 9.94. The minimum absolute atomic E-state index is 0.0849. The van der Waals surface area contributed by atoms with Crippen LogP contribution in [0.3, 0.4) is 0 Å². The number of benzene rings is 3. The predicted molar refractivity (Wildman–Crippen MR) is 117 cm³/mol. The van der Waals surface area contributed by atoms with E-state index in [1.165, 1.54) is 5.56 Å². The summed E-state index contributed by atoms with van der Waals surface area (Å²) < 4.78 is 0. The Morgan fingerprint density at radius 2 is 1.48 bits per heavy atom. The van der Waals surface area contributed by atoms with Gasteiger partial charge >= 0.3 is 0 Å². The Hall–Kier alpha value is -3.40. The maximum atomic E-state index is 13.0. The maximum absolute atomic E-state index is 13.0. The molecule has 0 unspecified atom stereocenters. The lowest BCUT2D eigenvalue weighted by atomic mass is 10.1. The van der Waals surface area contributed by atoms with Gasteiger partial charge in [0.2, 0.25) is 0 Å². The van der Waals surface area contributed by atoms with Crippen molar-refractivity contribution in [1.29, 1.82) is 0 Å². The molecule has 0 heterocycles. The highest BCUT2D eigenvalue weighted by molar-refractivity contribution is 6.06. The second kappa shape index (κ2) is 9.69. The minimum Gasteiger partial charge on any atom is -0.335 e. The molecular formula is C25H26N2O2. The molecule has 3 aromatic rings. The van der Waals surface area contributed by atoms with Gasteiger partial charge < -0.3 is 10.2 Å². The molecule has 3 rings (SSSR count). The van der Waals surface area contributed by atoms with Crippen molar-refractivity contribution in [3.8, 4) is 0 Å². The Labute approximate surface area is 172 Å². The van der Waals surface area contributed by atoms with E-state index in [4.69, 9.17) is 0 Å². The third-order valence-corrected chi connectivity index (χ3v) is 4.88. The van der Waals surface area contributed by atoms with Gasteiger partial charge in [-0.1, -0.05) is 55.5 Å². The van der Waals surface area contributed by atoms with E-state index < -0.39 is 0 Å². The van der Waals surface area contributed by atoms with Gasteiger partial charge in [0.25, 0.3) is 11.8 Å². The number of amides is 2. The summed E-state index contributed by atoms with van der Waals surface area (Å²) >= 11 is 0. The van der Waals surface area contributed by atoms with Crippen molar-refractivity contribution >= 4 is 17.5 Å². The van der Waals surface area contributed by atoms with Gasteiger partial charge in [0.15, 0.2) is 0 Å². The van der Waals surface area contributed by atoms with Crippen LogP contribution < -0.4 is 5.32 Å². The van der Waals surface area contributed by atoms with Gasteiger partial charge in [0, 0.05) is 29.9 Å². The molecule has 2 amide bonds. The molecule has 0 aliphatic carbocycles. The van der Waals surface area contributed by atoms with Crippen LogP contribution in [0, 0.1) is 0 Å². The summed E-state index contributed by atoms with van der Waals surface area (Å²) in [5.74, 6) is -0.312. The van der Waals surface area contributed by atoms with Crippen molar-refractivity contribution in [2.45, 2.75) is 26.8 Å². The number of nitrogens with zero attached hydrogens (tertiary/aromatic N) is 1. The molecule has 0 aliphatic rings. The smallest absolute Gasteiger partial charge is 0.255 e. The monoisotopic (exact) mass is 386 g/mol. The number of aryl methyl sites for hydroxylation is 1. The second-order valence-corrected chi connectivity index (χ2v) is 6.89. The number of rotatable bonds is 7. The van der Waals surface area contributed by atoms with Gasteiger partial charge in [-0.15, -0.1) is 0 Å². The van der Waals surface area contributed by atoms with Gasteiger partial charge in [-0.25, -0.2) is 0 Å². The number of carbonyl (C=O) groups excluding carboxylic acids is 2. The topological polar surface area (TPSA) is 49.4 Å². The molecule has 0 saturated carbocycles. The first kappa shape index (κ1) is 20.3. The van der Waals surface area contributed by atoms with Crippen LogP contribution >= 0.6 is 0 Å². The fourth-order valence-electron chi connectivity index (χ4n) is 3.13. The predicted octanol–water partition coefficient (Wildman–Crippen LogP) is 5.16. The summed E-state index contributed by atoms with van der Waals surface area (Å²) in [5, 5.41) is 2.89. The molecule has 4 heteroatoms. The Morgan fingerprint density at radius 1 is 0.793 bits per heavy atom. The van der Waals surface area contributed by atoms with Crippen LogP contribution in [0.2, 0.25) is 0 Å². The van der Waals surface area contributed by atoms with Crippen molar-refractivity contribution in [1.82, 2.24) is 4.90 Å². The van der Waals surface area contributed by atoms with Crippen LogP contribution in [0.1, 0.15) is 45.7 Å². The highest BCUT2D eigenvalue weighted by atomic mass is 16.2. The van der Waals surface area contributed by atoms with Crippen LogP contribution in [0.15, 0.2) is 78.9 Å². The summed E-state index contributed by atoms with van der Waals surface area (Å²) in [6.07, 6.45) is 0.954. The fourth-order valence-corrected chi connectivity index (χ4v) is 3.13. The lowest BCUT2D eigenvalue weighted by Gasteiger charge is -2.21. The van der Waals surface area contributed by atoms with Crippen molar-refractivity contribution in [3.63, 3.8) is 0 Å². The summed E-state index contributed by atoms with van der Waals surface area (Å²) in [7, 11) is 0. The molecule has 0 spiro atoms. The molecule has 0 saturated heterocycles. The quantitative estimate of drug-likeness (QED) is 0.609. The third kappa shape index (κ3) is 5.32. The van der Waals surface area contributed by atoms with E-state index in [-0.39, 0.29) is 11.8 Å². The largest absolute Gasteiger partial charge is 0.335 e. The molecule has 0 aliphatic heterocycles. The molecule has 0 radical (unpaired) electrons. The summed E-state index contributed by atoms with van der Waals surface area (Å²) in [4.78, 5) is 27.4. The van der Waals surface area contributed by atoms with Crippen molar-refractivity contribution in [2.75, 3.05) is 11.9 Å². The van der Waals surface area contributed by atoms with E-state index in [2.05, 4.69) is 12.2 Å². The van der Waals surface area contributed by atoms with E-state index in [9.17, 15) is 9.59 Å². The number of carbonyl (C=O) groups is 2. The zero-order valence-electron chi connectivity index (χ0n) is 16.9. The Balaban J connectivity index is 1.73. The summed E-state index contributed by atoms with van der Waals surface area (Å²) in [6.45, 7) is 5.18. The standard InChI is InChI=1S/C25H26N2O2/c1-3-19-13-15-23(16-14-19)26-24(28)21-11-8-12-22(17-21)25(29)27(4-2)18-20-9-6-5-7-10-20/h5-17H,3-4,18H2,1-2H3,(H,26,28). The fraction of sp³-hybridized carbons (Fsp3) is 0.200. The molecular weight excluding hydrogens is 360 g/mol. The number of hydrogen-bond donors (Lipinski definition) is 1. The molecule has 148 valence electrons. The lowest BCUT2D eigenvalue weighted by Crippen LogP contribution is -2.30. The van der Waals surface area contributed by atoms with Crippen molar-refractivity contribution < 1.29 is 9.59 Å². The first-order chi connectivity index (χ1) is 14.1. The molecule has 0 aromatic heterocycles. The zero-order valence-corrected chi connectivity index (χ0v) is 16.9. The zero-order chi connectivity index (χ0) is 20.6. The van der Waals surface area contributed by atoms with E-state index in [0.29, 0.717) is 24.2 Å². The summed E-state index contributed by atoms with van der Waals surface area (Å²) in [6, 6.07) is 24.6. The molecule has 0 bridgehead atoms. The third-order valence-electron chi connectivity index (χ3n) is 4.88. The van der Waals surface area contributed by atoms with Gasteiger partial charge in [0.1, 0.15) is 0 Å². The molecule has 29 heavy (non-hydrogen) atoms. The number of anilines is 1. The van der Waals surface area contributed by atoms with Crippen molar-refractivity contribution in [3.05, 3.63) is 101 Å². The molecule has 0 atom stereocenters. The molecule has 4 nitrogen and oxygen atoms in total. The van der Waals surface area contributed by atoms with Crippen LogP contribution in [0.25, 0.3) is 0 Å². The van der Waals surface area contributed by atoms with E-state index >= 15 is 0 Å². The molecule has 3 aromatic carbocycles. The van der Waals surface area contributed by atoms with Crippen LogP contribution in [-0.2, 0) is 13.0 Å². The van der Waals surface area contributed by atoms with E-state index in [1.807, 2.05) is 61.5 Å². The van der Waals surface area contributed by atoms with Gasteiger partial charge in [-0.2, -0.15) is 0 Å². The number of nitrogens with one attached hydrogen (secondary N) is 1. The Kier molecular flexibility index (Phi) is 6.80. The van der Waals surface area contributed by atoms with E-state index in [0.717, 1.165) is 17.7 Å². The van der Waals surface area contributed by atoms with Crippen molar-refractivity contribution in [2.24, 2.45) is 0 Å². The van der Waals surface area contributed by atoms with Gasteiger partial charge in [-0.05, 0) is 54.8 Å². The summed E-state index contributed by atoms with van der Waals surface area (Å²) in [5.41, 5.74) is 4.01. The average molecular weight is 386 g/mol. The van der Waals surface area contributed by atoms with Crippen LogP contribution in [0.5, 0.6) is 0 Å². The second-order valence-electron chi connectivity index (χ2n) is 6.89. The van der Waals surface area contributed by atoms with Crippen LogP contribution in [0.4, 0.5) is 5.69 Å². The van der Waals surface area contributed by atoms with Gasteiger partial charge in [-0.3, -0.25) is 9.59 Å². The SMILES string of the molecule is CCc1ccc(NC(=O)c2cccc(C(=O)N(CC)Cc3ccccc3)c2)cc1. The van der Waals surface area contributed by atoms with E-state index in [1.54, 1.807) is 29.2 Å². The Bertz CT molecular complexity index is 966. The van der Waals surface area contributed by atoms with Gasteiger partial charge in [0.05, 0.1) is 0 Å². The lowest BCUT2D eigenvalue weighted by molar-refractivity contribution is 0.0752. The van der Waals surface area contributed by atoms with Crippen LogP contribution in [-0.4, -0.2) is 23.3 Å². The first-order valence-electron chi connectivity index (χ1n) is 9.94. The molecule has 0 fully saturated rings. The minimum atomic E-state index is -0.227. The average Bonchev–Trinajstić information content (AvgIpc) is 2.78. The highest BCUT2D eigenvalue weighted by Crippen LogP contribution is 2.15. The number of hydrogen-bond acceptors (Lipinski definition) is 2.